The van der Waals surface area contributed by atoms with Crippen molar-refractivity contribution in [3.63, 3.8) is 0 Å². The maximum Gasteiger partial charge on any atom is 0.133 e. The Labute approximate surface area is 96.3 Å². The van der Waals surface area contributed by atoms with Crippen LogP contribution in [0.2, 0.25) is 0 Å². The summed E-state index contributed by atoms with van der Waals surface area (Å²) in [4.78, 5) is 17.8. The van der Waals surface area contributed by atoms with E-state index < -0.39 is 0 Å². The zero-order valence-corrected chi connectivity index (χ0v) is 10.0. The molecule has 0 spiro atoms. The molecule has 1 aliphatic rings. The van der Waals surface area contributed by atoms with Crippen LogP contribution in [-0.4, -0.2) is 33.3 Å². The molecule has 1 aromatic rings. The average molecular weight is 221 g/mol. The third-order valence-corrected chi connectivity index (χ3v) is 3.45. The lowest BCUT2D eigenvalue weighted by molar-refractivity contribution is -0.121. The zero-order chi connectivity index (χ0) is 11.5. The Morgan fingerprint density at radius 2 is 2.19 bits per heavy atom. The van der Waals surface area contributed by atoms with Crippen molar-refractivity contribution in [1.82, 2.24) is 14.5 Å². The summed E-state index contributed by atoms with van der Waals surface area (Å²) in [7, 11) is 4.13. The van der Waals surface area contributed by atoms with Crippen LogP contribution in [0.15, 0.2) is 12.4 Å². The van der Waals surface area contributed by atoms with Crippen LogP contribution in [0.5, 0.6) is 0 Å². The first-order chi connectivity index (χ1) is 7.66. The molecule has 0 radical (unpaired) electrons. The molecule has 1 aliphatic carbocycles. The van der Waals surface area contributed by atoms with E-state index in [1.54, 1.807) is 0 Å². The Balaban J connectivity index is 1.91. The number of carbonyl (C=O) groups excluding carboxylic acids is 1. The Hall–Kier alpha value is -1.16. The second-order valence-electron chi connectivity index (χ2n) is 4.64. The number of hydrogen-bond donors (Lipinski definition) is 0. The van der Waals surface area contributed by atoms with Crippen molar-refractivity contribution in [2.45, 2.75) is 38.3 Å². The molecule has 16 heavy (non-hydrogen) atoms. The van der Waals surface area contributed by atoms with Gasteiger partial charge in [-0.15, -0.1) is 0 Å². The van der Waals surface area contributed by atoms with Gasteiger partial charge in [-0.25, -0.2) is 4.98 Å². The van der Waals surface area contributed by atoms with Crippen molar-refractivity contribution >= 4 is 5.78 Å². The first-order valence-corrected chi connectivity index (χ1v) is 5.85. The molecule has 0 bridgehead atoms. The molecule has 1 heterocycles. The molecule has 4 heteroatoms. The third-order valence-electron chi connectivity index (χ3n) is 3.45. The minimum Gasteiger partial charge on any atom is -0.337 e. The summed E-state index contributed by atoms with van der Waals surface area (Å²) in [6, 6.07) is 0.536. The highest BCUT2D eigenvalue weighted by atomic mass is 16.1. The zero-order valence-electron chi connectivity index (χ0n) is 10.0. The molecule has 1 saturated carbocycles. The van der Waals surface area contributed by atoms with Gasteiger partial charge in [0.15, 0.2) is 0 Å². The predicted octanol–water partition coefficient (Wildman–Crippen LogP) is 1.36. The maximum atomic E-state index is 11.2. The van der Waals surface area contributed by atoms with Gasteiger partial charge in [0.2, 0.25) is 0 Å². The number of aromatic nitrogens is 2. The molecule has 0 amide bonds. The first kappa shape index (κ1) is 11.3. The van der Waals surface area contributed by atoms with Gasteiger partial charge in [0.25, 0.3) is 0 Å². The van der Waals surface area contributed by atoms with E-state index in [1.165, 1.54) is 0 Å². The van der Waals surface area contributed by atoms with E-state index in [1.807, 2.05) is 24.0 Å². The molecular formula is C12H19N3O. The minimum absolute atomic E-state index is 0.418. The lowest BCUT2D eigenvalue weighted by Gasteiger charge is -2.30. The molecule has 0 saturated heterocycles. The SMILES string of the molecule is CN(Cc1nccn1C)C1CCC(=O)CC1. The topological polar surface area (TPSA) is 38.1 Å². The Morgan fingerprint density at radius 1 is 1.50 bits per heavy atom. The van der Waals surface area contributed by atoms with E-state index >= 15 is 0 Å². The van der Waals surface area contributed by atoms with Gasteiger partial charge in [0, 0.05) is 38.3 Å². The van der Waals surface area contributed by atoms with E-state index in [-0.39, 0.29) is 0 Å². The van der Waals surface area contributed by atoms with Crippen molar-refractivity contribution in [3.05, 3.63) is 18.2 Å². The molecular weight excluding hydrogens is 202 g/mol. The molecule has 0 unspecified atom stereocenters. The lowest BCUT2D eigenvalue weighted by atomic mass is 9.93. The number of hydrogen-bond acceptors (Lipinski definition) is 3. The number of Topliss-reactive ketones (excluding diaryl/α,β-unsaturated/α-hetero) is 1. The standard InChI is InChI=1S/C12H19N3O/c1-14-8-7-13-12(14)9-15(2)10-3-5-11(16)6-4-10/h7-8,10H,3-6,9H2,1-2H3. The Morgan fingerprint density at radius 3 is 2.75 bits per heavy atom. The van der Waals surface area contributed by atoms with Gasteiger partial charge in [-0.1, -0.05) is 0 Å². The van der Waals surface area contributed by atoms with Gasteiger partial charge in [0.1, 0.15) is 11.6 Å². The van der Waals surface area contributed by atoms with Crippen LogP contribution >= 0.6 is 0 Å². The second kappa shape index (κ2) is 4.78. The second-order valence-corrected chi connectivity index (χ2v) is 4.64. The van der Waals surface area contributed by atoms with Gasteiger partial charge in [0.05, 0.1) is 6.54 Å². The fourth-order valence-electron chi connectivity index (χ4n) is 2.27. The molecule has 2 rings (SSSR count). The first-order valence-electron chi connectivity index (χ1n) is 5.85. The molecule has 1 fully saturated rings. The number of nitrogens with zero attached hydrogens (tertiary/aromatic N) is 3. The quantitative estimate of drug-likeness (QED) is 0.773. The summed E-state index contributed by atoms with van der Waals surface area (Å²) in [5.74, 6) is 1.50. The van der Waals surface area contributed by atoms with E-state index in [2.05, 4.69) is 16.9 Å². The van der Waals surface area contributed by atoms with Crippen LogP contribution in [0.4, 0.5) is 0 Å². The fraction of sp³-hybridized carbons (Fsp3) is 0.667. The predicted molar refractivity (Wildman–Crippen MR) is 61.9 cm³/mol. The van der Waals surface area contributed by atoms with Crippen molar-refractivity contribution in [2.24, 2.45) is 7.05 Å². The summed E-state index contributed by atoms with van der Waals surface area (Å²) in [6.07, 6.45) is 7.28. The number of carbonyl (C=O) groups is 1. The van der Waals surface area contributed by atoms with Gasteiger partial charge < -0.3 is 4.57 Å². The van der Waals surface area contributed by atoms with Crippen LogP contribution in [0.3, 0.4) is 0 Å². The molecule has 0 aromatic carbocycles. The highest BCUT2D eigenvalue weighted by Crippen LogP contribution is 2.20. The van der Waals surface area contributed by atoms with Gasteiger partial charge >= 0.3 is 0 Å². The van der Waals surface area contributed by atoms with E-state index in [0.717, 1.165) is 38.1 Å². The van der Waals surface area contributed by atoms with E-state index in [0.29, 0.717) is 11.8 Å². The maximum absolute atomic E-state index is 11.2. The largest absolute Gasteiger partial charge is 0.337 e. The molecule has 88 valence electrons. The summed E-state index contributed by atoms with van der Waals surface area (Å²) >= 11 is 0. The molecule has 0 aliphatic heterocycles. The summed E-state index contributed by atoms with van der Waals surface area (Å²) in [5, 5.41) is 0. The van der Waals surface area contributed by atoms with Gasteiger partial charge in [-0.3, -0.25) is 9.69 Å². The van der Waals surface area contributed by atoms with Crippen LogP contribution in [0.25, 0.3) is 0 Å². The number of rotatable bonds is 3. The Kier molecular flexibility index (Phi) is 3.39. The molecule has 4 nitrogen and oxygen atoms in total. The van der Waals surface area contributed by atoms with Crippen molar-refractivity contribution in [1.29, 1.82) is 0 Å². The van der Waals surface area contributed by atoms with Crippen molar-refractivity contribution in [2.75, 3.05) is 7.05 Å². The highest BCUT2D eigenvalue weighted by Gasteiger charge is 2.22. The van der Waals surface area contributed by atoms with Gasteiger partial charge in [-0.2, -0.15) is 0 Å². The van der Waals surface area contributed by atoms with Crippen LogP contribution in [-0.2, 0) is 18.4 Å². The fourth-order valence-corrected chi connectivity index (χ4v) is 2.27. The third kappa shape index (κ3) is 2.50. The molecule has 0 N–H and O–H groups in total. The van der Waals surface area contributed by atoms with Crippen molar-refractivity contribution < 1.29 is 4.79 Å². The Bertz CT molecular complexity index is 362. The number of aryl methyl sites for hydroxylation is 1. The summed E-state index contributed by atoms with van der Waals surface area (Å²) in [5.41, 5.74) is 0. The van der Waals surface area contributed by atoms with Gasteiger partial charge in [-0.05, 0) is 19.9 Å². The highest BCUT2D eigenvalue weighted by molar-refractivity contribution is 5.79. The monoisotopic (exact) mass is 221 g/mol. The molecule has 0 atom stereocenters. The number of ketones is 1. The summed E-state index contributed by atoms with van der Waals surface area (Å²) in [6.45, 7) is 0.863. The van der Waals surface area contributed by atoms with Crippen LogP contribution in [0, 0.1) is 0 Å². The van der Waals surface area contributed by atoms with Crippen LogP contribution in [0.1, 0.15) is 31.5 Å². The minimum atomic E-state index is 0.418. The van der Waals surface area contributed by atoms with E-state index in [4.69, 9.17) is 0 Å². The average Bonchev–Trinajstić information content (AvgIpc) is 2.65. The van der Waals surface area contributed by atoms with E-state index in [9.17, 15) is 4.79 Å². The lowest BCUT2D eigenvalue weighted by Crippen LogP contribution is -2.35. The normalized spacial score (nSPS) is 18.3. The van der Waals surface area contributed by atoms with Crippen LogP contribution < -0.4 is 0 Å². The smallest absolute Gasteiger partial charge is 0.133 e. The van der Waals surface area contributed by atoms with Crippen molar-refractivity contribution in [3.8, 4) is 0 Å². The molecule has 1 aromatic heterocycles. The summed E-state index contributed by atoms with van der Waals surface area (Å²) < 4.78 is 2.05. The number of imidazole rings is 1.